The molecule has 4 atom stereocenters. The second-order valence-electron chi connectivity index (χ2n) is 8.98. The fourth-order valence-electron chi connectivity index (χ4n) is 4.15. The Morgan fingerprint density at radius 3 is 2.50 bits per heavy atom. The van der Waals surface area contributed by atoms with Gasteiger partial charge in [0.25, 0.3) is 5.03 Å². The van der Waals surface area contributed by atoms with E-state index >= 15 is 0 Å². The number of amides is 1. The first kappa shape index (κ1) is 27.7. The third-order valence-electron chi connectivity index (χ3n) is 6.33. The maximum absolute atomic E-state index is 12.2. The van der Waals surface area contributed by atoms with Gasteiger partial charge >= 0.3 is 6.09 Å². The lowest BCUT2D eigenvalue weighted by Crippen LogP contribution is -2.39. The lowest BCUT2D eigenvalue weighted by atomic mass is 9.91. The van der Waals surface area contributed by atoms with Gasteiger partial charge in [-0.25, -0.2) is 4.79 Å². The predicted octanol–water partition coefficient (Wildman–Crippen LogP) is 4.81. The van der Waals surface area contributed by atoms with Crippen LogP contribution in [-0.4, -0.2) is 29.7 Å². The monoisotopic (exact) mass is 536 g/mol. The molecule has 9 heteroatoms. The van der Waals surface area contributed by atoms with Gasteiger partial charge in [0.05, 0.1) is 18.8 Å². The van der Waals surface area contributed by atoms with Gasteiger partial charge in [-0.1, -0.05) is 79.9 Å². The minimum Gasteiger partial charge on any atom is -0.618 e. The van der Waals surface area contributed by atoms with Crippen molar-refractivity contribution in [2.75, 3.05) is 12.4 Å². The number of hydrogen-bond donors (Lipinski definition) is 2. The molecule has 4 rings (SSSR count). The number of thioether (sulfide) groups is 1. The molecule has 200 valence electrons. The summed E-state index contributed by atoms with van der Waals surface area (Å²) in [7, 11) is 0. The van der Waals surface area contributed by atoms with Gasteiger partial charge in [0, 0.05) is 35.9 Å². The normalized spacial score (nSPS) is 21.0. The van der Waals surface area contributed by atoms with Gasteiger partial charge in [0.15, 0.2) is 12.5 Å². The van der Waals surface area contributed by atoms with Crippen LogP contribution in [0.2, 0.25) is 0 Å². The van der Waals surface area contributed by atoms with Crippen LogP contribution in [-0.2, 0) is 27.4 Å². The molecule has 0 bridgehead atoms. The molecular weight excluding hydrogens is 504 g/mol. The molecule has 2 heterocycles. The van der Waals surface area contributed by atoms with Gasteiger partial charge in [-0.15, -0.1) is 0 Å². The van der Waals surface area contributed by atoms with Crippen LogP contribution in [0, 0.1) is 11.1 Å². The van der Waals surface area contributed by atoms with E-state index in [0.29, 0.717) is 17.3 Å². The highest BCUT2D eigenvalue weighted by Crippen LogP contribution is 2.42. The summed E-state index contributed by atoms with van der Waals surface area (Å²) in [6.45, 7) is 6.07. The Morgan fingerprint density at radius 1 is 1.11 bits per heavy atom. The largest absolute Gasteiger partial charge is 0.618 e. The van der Waals surface area contributed by atoms with Crippen LogP contribution >= 0.6 is 11.8 Å². The number of aliphatic hydroxyl groups is 1. The summed E-state index contributed by atoms with van der Waals surface area (Å²) in [6.07, 6.45) is 1.44. The summed E-state index contributed by atoms with van der Waals surface area (Å²) in [5.74, 6) is 0.584. The van der Waals surface area contributed by atoms with Gasteiger partial charge in [-0.3, -0.25) is 0 Å². The SMILES string of the molecule is C=CCOC(=O)NCc1ccc(C2OC(CSc3cccc[n+]3[O-])C(C)C(c3ccc(CO)cc3)O2)cc1. The Bertz CT molecular complexity index is 1200. The molecule has 1 aromatic heterocycles. The zero-order valence-electron chi connectivity index (χ0n) is 21.2. The number of carbonyl (C=O) groups is 1. The third-order valence-corrected chi connectivity index (χ3v) is 7.44. The number of aliphatic hydroxyl groups excluding tert-OH is 1. The quantitative estimate of drug-likeness (QED) is 0.166. The summed E-state index contributed by atoms with van der Waals surface area (Å²) in [5.41, 5.74) is 3.58. The number of rotatable bonds is 10. The van der Waals surface area contributed by atoms with E-state index in [-0.39, 0.29) is 31.3 Å². The highest BCUT2D eigenvalue weighted by Gasteiger charge is 2.38. The lowest BCUT2D eigenvalue weighted by molar-refractivity contribution is -0.645. The van der Waals surface area contributed by atoms with E-state index in [1.165, 1.54) is 24.0 Å². The molecule has 0 radical (unpaired) electrons. The maximum Gasteiger partial charge on any atom is 0.407 e. The number of pyridine rings is 1. The van der Waals surface area contributed by atoms with Crippen molar-refractivity contribution < 1.29 is 28.8 Å². The van der Waals surface area contributed by atoms with Crippen molar-refractivity contribution in [3.8, 4) is 0 Å². The zero-order chi connectivity index (χ0) is 26.9. The molecule has 1 aliphatic rings. The van der Waals surface area contributed by atoms with E-state index in [4.69, 9.17) is 14.2 Å². The Kier molecular flexibility index (Phi) is 9.78. The number of hydrogen-bond acceptors (Lipinski definition) is 7. The number of nitrogens with zero attached hydrogens (tertiary/aromatic N) is 1. The van der Waals surface area contributed by atoms with Crippen LogP contribution in [0.1, 0.15) is 41.6 Å². The molecule has 2 N–H and O–H groups in total. The number of benzene rings is 2. The van der Waals surface area contributed by atoms with Gasteiger partial charge in [0.1, 0.15) is 6.61 Å². The molecule has 8 nitrogen and oxygen atoms in total. The standard InChI is InChI=1S/C29H32N2O6S/c1-3-16-35-29(33)30-17-21-7-13-24(14-8-21)28-36-25(19-38-26-6-4-5-15-31(26)34)20(2)27(37-28)23-11-9-22(18-32)10-12-23/h3-15,20,25,27-28,32H,1,16-19H2,2H3,(H,30,33). The van der Waals surface area contributed by atoms with E-state index in [0.717, 1.165) is 27.0 Å². The van der Waals surface area contributed by atoms with Gasteiger partial charge in [-0.2, -0.15) is 4.73 Å². The minimum atomic E-state index is -0.617. The molecule has 3 aromatic rings. The second kappa shape index (κ2) is 13.4. The molecule has 1 aliphatic heterocycles. The van der Waals surface area contributed by atoms with Gasteiger partial charge < -0.3 is 29.8 Å². The number of carbonyl (C=O) groups excluding carboxylic acids is 1. The van der Waals surface area contributed by atoms with Gasteiger partial charge in [-0.05, 0) is 22.8 Å². The molecular formula is C29H32N2O6S. The van der Waals surface area contributed by atoms with Crippen LogP contribution < -0.4 is 10.0 Å². The first-order chi connectivity index (χ1) is 18.5. The van der Waals surface area contributed by atoms with Crippen LogP contribution in [0.4, 0.5) is 4.79 Å². The van der Waals surface area contributed by atoms with E-state index in [2.05, 4.69) is 18.8 Å². The Labute approximate surface area is 226 Å². The minimum absolute atomic E-state index is 0.00703. The van der Waals surface area contributed by atoms with Crippen LogP contribution in [0.15, 0.2) is 90.6 Å². The van der Waals surface area contributed by atoms with E-state index < -0.39 is 12.4 Å². The van der Waals surface area contributed by atoms with Crippen molar-refractivity contribution in [2.24, 2.45) is 5.92 Å². The maximum atomic E-state index is 12.2. The predicted molar refractivity (Wildman–Crippen MR) is 144 cm³/mol. The number of nitrogens with one attached hydrogen (secondary N) is 1. The average Bonchev–Trinajstić information content (AvgIpc) is 2.95. The number of ether oxygens (including phenoxy) is 3. The topological polar surface area (TPSA) is 104 Å². The molecule has 38 heavy (non-hydrogen) atoms. The molecule has 1 amide bonds. The summed E-state index contributed by atoms with van der Waals surface area (Å²) in [4.78, 5) is 11.7. The molecule has 1 saturated heterocycles. The summed E-state index contributed by atoms with van der Waals surface area (Å²) in [5, 5.41) is 24.9. The molecule has 2 aromatic carbocycles. The van der Waals surface area contributed by atoms with Gasteiger partial charge in [0.2, 0.25) is 0 Å². The molecule has 0 saturated carbocycles. The van der Waals surface area contributed by atoms with E-state index in [1.807, 2.05) is 54.6 Å². The van der Waals surface area contributed by atoms with Crippen LogP contribution in [0.3, 0.4) is 0 Å². The van der Waals surface area contributed by atoms with Crippen molar-refractivity contribution in [3.63, 3.8) is 0 Å². The zero-order valence-corrected chi connectivity index (χ0v) is 22.0. The van der Waals surface area contributed by atoms with Crippen molar-refractivity contribution in [2.45, 2.75) is 43.6 Å². The second-order valence-corrected chi connectivity index (χ2v) is 10.0. The van der Waals surface area contributed by atoms with Crippen molar-refractivity contribution in [1.82, 2.24) is 5.32 Å². The summed E-state index contributed by atoms with van der Waals surface area (Å²) < 4.78 is 18.7. The Hall–Kier alpha value is -3.37. The summed E-state index contributed by atoms with van der Waals surface area (Å²) in [6, 6.07) is 20.7. The Balaban J connectivity index is 1.50. The van der Waals surface area contributed by atoms with Crippen molar-refractivity contribution >= 4 is 17.9 Å². The third kappa shape index (κ3) is 7.14. The molecule has 0 spiro atoms. The first-order valence-electron chi connectivity index (χ1n) is 12.4. The van der Waals surface area contributed by atoms with Crippen LogP contribution in [0.5, 0.6) is 0 Å². The Morgan fingerprint density at radius 2 is 1.82 bits per heavy atom. The van der Waals surface area contributed by atoms with Crippen molar-refractivity contribution in [3.05, 3.63) is 113 Å². The fourth-order valence-corrected chi connectivity index (χ4v) is 5.23. The highest BCUT2D eigenvalue weighted by molar-refractivity contribution is 7.99. The number of aromatic nitrogens is 1. The van der Waals surface area contributed by atoms with E-state index in [1.54, 1.807) is 12.1 Å². The lowest BCUT2D eigenvalue weighted by Gasteiger charge is -2.41. The van der Waals surface area contributed by atoms with E-state index in [9.17, 15) is 15.1 Å². The molecule has 0 aliphatic carbocycles. The van der Waals surface area contributed by atoms with Crippen LogP contribution in [0.25, 0.3) is 0 Å². The highest BCUT2D eigenvalue weighted by atomic mass is 32.2. The molecule has 4 unspecified atom stereocenters. The van der Waals surface area contributed by atoms with Crippen molar-refractivity contribution in [1.29, 1.82) is 0 Å². The average molecular weight is 537 g/mol. The fraction of sp³-hybridized carbons (Fsp3) is 0.310. The molecule has 1 fully saturated rings. The summed E-state index contributed by atoms with van der Waals surface area (Å²) >= 11 is 1.45. The number of alkyl carbamates (subject to hydrolysis) is 1. The smallest absolute Gasteiger partial charge is 0.407 e. The first-order valence-corrected chi connectivity index (χ1v) is 13.4.